The molecule has 0 unspecified atom stereocenters. The monoisotopic (exact) mass is 212 g/mol. The van der Waals surface area contributed by atoms with Crippen LogP contribution in [-0.2, 0) is 7.05 Å². The molecule has 0 radical (unpaired) electrons. The third-order valence-corrected chi connectivity index (χ3v) is 2.95. The predicted molar refractivity (Wildman–Crippen MR) is 63.3 cm³/mol. The van der Waals surface area contributed by atoms with Crippen LogP contribution in [0, 0.1) is 13.8 Å². The van der Waals surface area contributed by atoms with E-state index in [1.165, 1.54) is 0 Å². The smallest absolute Gasteiger partial charge is 0.115 e. The summed E-state index contributed by atoms with van der Waals surface area (Å²) in [5.41, 5.74) is 4.86. The number of rotatable bonds is 0. The topological polar surface area (TPSA) is 43.6 Å². The summed E-state index contributed by atoms with van der Waals surface area (Å²) in [5, 5.41) is 5.35. The number of fused-ring (bicyclic) bond motifs is 3. The standard InChI is InChI=1S/C12H12N4/c1-7-8(2)15-11-10(14-7)5-4-9-6-13-16(3)12(9)11/h4-6H,1-3H3. The van der Waals surface area contributed by atoms with Crippen LogP contribution in [0.3, 0.4) is 0 Å². The van der Waals surface area contributed by atoms with Gasteiger partial charge in [0.25, 0.3) is 0 Å². The van der Waals surface area contributed by atoms with E-state index in [0.717, 1.165) is 33.3 Å². The molecule has 3 aromatic rings. The fraction of sp³-hybridized carbons (Fsp3) is 0.250. The zero-order valence-corrected chi connectivity index (χ0v) is 9.52. The van der Waals surface area contributed by atoms with Crippen molar-refractivity contribution in [2.45, 2.75) is 13.8 Å². The Kier molecular flexibility index (Phi) is 1.74. The number of benzene rings is 1. The second-order valence-electron chi connectivity index (χ2n) is 4.03. The molecule has 0 aliphatic heterocycles. The van der Waals surface area contributed by atoms with Gasteiger partial charge in [-0.15, -0.1) is 0 Å². The van der Waals surface area contributed by atoms with Crippen LogP contribution in [0.4, 0.5) is 0 Å². The Balaban J connectivity index is 2.58. The molecular formula is C12H12N4. The van der Waals surface area contributed by atoms with E-state index in [1.54, 1.807) is 0 Å². The van der Waals surface area contributed by atoms with E-state index in [0.29, 0.717) is 0 Å². The van der Waals surface area contributed by atoms with Gasteiger partial charge in [-0.25, -0.2) is 9.97 Å². The summed E-state index contributed by atoms with van der Waals surface area (Å²) in [6, 6.07) is 4.03. The number of aryl methyl sites for hydroxylation is 3. The highest BCUT2D eigenvalue weighted by Crippen LogP contribution is 2.22. The van der Waals surface area contributed by atoms with E-state index in [1.807, 2.05) is 43.9 Å². The van der Waals surface area contributed by atoms with Gasteiger partial charge < -0.3 is 0 Å². The van der Waals surface area contributed by atoms with Crippen molar-refractivity contribution in [1.82, 2.24) is 19.7 Å². The molecule has 2 aromatic heterocycles. The van der Waals surface area contributed by atoms with Gasteiger partial charge in [0.1, 0.15) is 5.52 Å². The van der Waals surface area contributed by atoms with E-state index >= 15 is 0 Å². The minimum atomic E-state index is 0.930. The molecule has 80 valence electrons. The van der Waals surface area contributed by atoms with Crippen LogP contribution in [0.2, 0.25) is 0 Å². The molecular weight excluding hydrogens is 200 g/mol. The first-order chi connectivity index (χ1) is 7.66. The predicted octanol–water partition coefficient (Wildman–Crippen LogP) is 2.13. The van der Waals surface area contributed by atoms with Crippen molar-refractivity contribution in [3.63, 3.8) is 0 Å². The van der Waals surface area contributed by atoms with Gasteiger partial charge in [0.05, 0.1) is 28.6 Å². The average molecular weight is 212 g/mol. The molecule has 4 heteroatoms. The fourth-order valence-electron chi connectivity index (χ4n) is 1.95. The van der Waals surface area contributed by atoms with Crippen LogP contribution < -0.4 is 0 Å². The van der Waals surface area contributed by atoms with Crippen LogP contribution in [0.1, 0.15) is 11.4 Å². The van der Waals surface area contributed by atoms with Gasteiger partial charge >= 0.3 is 0 Å². The summed E-state index contributed by atoms with van der Waals surface area (Å²) in [5.74, 6) is 0. The Morgan fingerprint density at radius 3 is 2.62 bits per heavy atom. The zero-order chi connectivity index (χ0) is 11.3. The van der Waals surface area contributed by atoms with Gasteiger partial charge in [0.15, 0.2) is 0 Å². The maximum Gasteiger partial charge on any atom is 0.115 e. The summed E-state index contributed by atoms with van der Waals surface area (Å²) in [6.45, 7) is 3.96. The SMILES string of the molecule is Cc1nc2ccc3cnn(C)c3c2nc1C. The highest BCUT2D eigenvalue weighted by Gasteiger charge is 2.08. The van der Waals surface area contributed by atoms with E-state index in [4.69, 9.17) is 0 Å². The molecule has 2 heterocycles. The average Bonchev–Trinajstić information content (AvgIpc) is 2.63. The first kappa shape index (κ1) is 9.27. The highest BCUT2D eigenvalue weighted by molar-refractivity contribution is 6.01. The van der Waals surface area contributed by atoms with Crippen molar-refractivity contribution in [3.05, 3.63) is 29.7 Å². The van der Waals surface area contributed by atoms with Crippen molar-refractivity contribution in [2.24, 2.45) is 7.05 Å². The Labute approximate surface area is 92.9 Å². The molecule has 0 saturated heterocycles. The van der Waals surface area contributed by atoms with Crippen LogP contribution in [0.15, 0.2) is 18.3 Å². The molecule has 0 aliphatic carbocycles. The molecule has 0 N–H and O–H groups in total. The molecule has 4 nitrogen and oxygen atoms in total. The van der Waals surface area contributed by atoms with E-state index in [9.17, 15) is 0 Å². The summed E-state index contributed by atoms with van der Waals surface area (Å²) in [6.07, 6.45) is 1.85. The van der Waals surface area contributed by atoms with Crippen LogP contribution in [-0.4, -0.2) is 19.7 Å². The van der Waals surface area contributed by atoms with E-state index in [-0.39, 0.29) is 0 Å². The Morgan fingerprint density at radius 2 is 1.81 bits per heavy atom. The van der Waals surface area contributed by atoms with Gasteiger partial charge in [-0.2, -0.15) is 5.10 Å². The quantitative estimate of drug-likeness (QED) is 0.573. The molecule has 0 bridgehead atoms. The molecule has 0 spiro atoms. The minimum absolute atomic E-state index is 0.930. The third-order valence-electron chi connectivity index (χ3n) is 2.95. The molecule has 0 fully saturated rings. The molecule has 0 saturated carbocycles. The van der Waals surface area contributed by atoms with Gasteiger partial charge in [-0.05, 0) is 26.0 Å². The van der Waals surface area contributed by atoms with Crippen molar-refractivity contribution in [3.8, 4) is 0 Å². The second kappa shape index (κ2) is 3.01. The maximum atomic E-state index is 4.61. The zero-order valence-electron chi connectivity index (χ0n) is 9.52. The van der Waals surface area contributed by atoms with E-state index in [2.05, 4.69) is 15.1 Å². The van der Waals surface area contributed by atoms with Gasteiger partial charge in [-0.1, -0.05) is 0 Å². The summed E-state index contributed by atoms with van der Waals surface area (Å²) >= 11 is 0. The van der Waals surface area contributed by atoms with Crippen LogP contribution in [0.25, 0.3) is 21.9 Å². The molecule has 0 amide bonds. The lowest BCUT2D eigenvalue weighted by atomic mass is 10.2. The number of hydrogen-bond acceptors (Lipinski definition) is 3. The number of nitrogens with zero attached hydrogens (tertiary/aromatic N) is 4. The normalized spacial score (nSPS) is 11.4. The third kappa shape index (κ3) is 1.13. The number of hydrogen-bond donors (Lipinski definition) is 0. The van der Waals surface area contributed by atoms with Gasteiger partial charge in [0, 0.05) is 12.4 Å². The molecule has 0 atom stereocenters. The first-order valence-electron chi connectivity index (χ1n) is 5.22. The molecule has 1 aromatic carbocycles. The Bertz CT molecular complexity index is 697. The minimum Gasteiger partial charge on any atom is -0.266 e. The van der Waals surface area contributed by atoms with Crippen molar-refractivity contribution < 1.29 is 0 Å². The lowest BCUT2D eigenvalue weighted by molar-refractivity contribution is 0.798. The summed E-state index contributed by atoms with van der Waals surface area (Å²) in [7, 11) is 1.93. The van der Waals surface area contributed by atoms with Crippen LogP contribution in [0.5, 0.6) is 0 Å². The molecule has 0 aliphatic rings. The van der Waals surface area contributed by atoms with Crippen LogP contribution >= 0.6 is 0 Å². The first-order valence-corrected chi connectivity index (χ1v) is 5.22. The summed E-state index contributed by atoms with van der Waals surface area (Å²) < 4.78 is 1.85. The Hall–Kier alpha value is -1.97. The molecule has 3 rings (SSSR count). The van der Waals surface area contributed by atoms with Crippen molar-refractivity contribution in [1.29, 1.82) is 0 Å². The maximum absolute atomic E-state index is 4.61. The lowest BCUT2D eigenvalue weighted by Gasteiger charge is -2.04. The summed E-state index contributed by atoms with van der Waals surface area (Å²) in [4.78, 5) is 9.16. The molecule has 16 heavy (non-hydrogen) atoms. The van der Waals surface area contributed by atoms with Crippen molar-refractivity contribution in [2.75, 3.05) is 0 Å². The highest BCUT2D eigenvalue weighted by atomic mass is 15.3. The number of aromatic nitrogens is 4. The largest absolute Gasteiger partial charge is 0.266 e. The van der Waals surface area contributed by atoms with Gasteiger partial charge in [-0.3, -0.25) is 4.68 Å². The van der Waals surface area contributed by atoms with Crippen molar-refractivity contribution >= 4 is 21.9 Å². The fourth-order valence-corrected chi connectivity index (χ4v) is 1.95. The van der Waals surface area contributed by atoms with Gasteiger partial charge in [0.2, 0.25) is 0 Å². The van der Waals surface area contributed by atoms with E-state index < -0.39 is 0 Å². The second-order valence-corrected chi connectivity index (χ2v) is 4.03. The Morgan fingerprint density at radius 1 is 1.06 bits per heavy atom. The lowest BCUT2D eigenvalue weighted by Crippen LogP contribution is -1.96.